The third kappa shape index (κ3) is 4.14. The lowest BCUT2D eigenvalue weighted by Gasteiger charge is -2.31. The molecule has 1 atom stereocenters. The Labute approximate surface area is 312 Å². The normalized spacial score (nSPS) is 17.1. The Balaban J connectivity index is 1.14. The van der Waals surface area contributed by atoms with Crippen molar-refractivity contribution >= 4 is 17.1 Å². The van der Waals surface area contributed by atoms with E-state index in [1.54, 1.807) is 0 Å². The zero-order chi connectivity index (χ0) is 35.3. The van der Waals surface area contributed by atoms with Crippen LogP contribution in [-0.4, -0.2) is 0 Å². The molecule has 0 saturated carbocycles. The van der Waals surface area contributed by atoms with Crippen LogP contribution in [0.3, 0.4) is 0 Å². The summed E-state index contributed by atoms with van der Waals surface area (Å²) in [5.74, 6) is 0.365. The minimum atomic E-state index is -0.355. The van der Waals surface area contributed by atoms with Crippen LogP contribution in [0.1, 0.15) is 65.1 Å². The van der Waals surface area contributed by atoms with Crippen LogP contribution in [0.5, 0.6) is 0 Å². The number of allylic oxidation sites excluding steroid dienone is 4. The van der Waals surface area contributed by atoms with Crippen molar-refractivity contribution in [1.82, 2.24) is 0 Å². The molecule has 4 aliphatic carbocycles. The molecule has 1 heteroatoms. The van der Waals surface area contributed by atoms with Crippen LogP contribution in [0.4, 0.5) is 17.1 Å². The number of rotatable bonds is 4. The lowest BCUT2D eigenvalue weighted by molar-refractivity contribution is 0.660. The average Bonchev–Trinajstić information content (AvgIpc) is 3.77. The van der Waals surface area contributed by atoms with E-state index in [1.165, 1.54) is 89.4 Å². The molecular weight excluding hydrogens is 639 g/mol. The third-order valence-electron chi connectivity index (χ3n) is 12.6. The topological polar surface area (TPSA) is 3.24 Å². The van der Waals surface area contributed by atoms with Gasteiger partial charge in [-0.15, -0.1) is 0 Å². The fourth-order valence-electron chi connectivity index (χ4n) is 10.2. The third-order valence-corrected chi connectivity index (χ3v) is 12.6. The molecule has 4 aliphatic rings. The van der Waals surface area contributed by atoms with Gasteiger partial charge in [0.2, 0.25) is 0 Å². The fourth-order valence-corrected chi connectivity index (χ4v) is 10.2. The van der Waals surface area contributed by atoms with E-state index in [9.17, 15) is 0 Å². The van der Waals surface area contributed by atoms with Crippen molar-refractivity contribution in [2.24, 2.45) is 0 Å². The van der Waals surface area contributed by atoms with Crippen molar-refractivity contribution in [2.45, 2.75) is 37.0 Å². The number of benzene rings is 7. The van der Waals surface area contributed by atoms with Crippen molar-refractivity contribution in [3.8, 4) is 33.4 Å². The predicted molar refractivity (Wildman–Crippen MR) is 221 cm³/mol. The highest BCUT2D eigenvalue weighted by atomic mass is 15.1. The van der Waals surface area contributed by atoms with Gasteiger partial charge in [-0.3, -0.25) is 0 Å². The van der Waals surface area contributed by atoms with Gasteiger partial charge < -0.3 is 4.90 Å². The summed E-state index contributed by atoms with van der Waals surface area (Å²) in [6, 6.07) is 59.8. The summed E-state index contributed by atoms with van der Waals surface area (Å²) in [4.78, 5) is 2.50. The molecule has 0 aliphatic heterocycles. The Hall–Kier alpha value is -6.18. The molecule has 0 aromatic heterocycles. The molecule has 0 bridgehead atoms. The maximum Gasteiger partial charge on any atom is 0.0725 e. The number of nitrogens with zero attached hydrogens (tertiary/aromatic N) is 1. The maximum atomic E-state index is 2.50. The highest BCUT2D eigenvalue weighted by Crippen LogP contribution is 2.63. The van der Waals surface area contributed by atoms with Gasteiger partial charge in [0, 0.05) is 28.4 Å². The number of fused-ring (bicyclic) bond motifs is 13. The average molecular weight is 678 g/mol. The van der Waals surface area contributed by atoms with Crippen molar-refractivity contribution in [2.75, 3.05) is 4.90 Å². The summed E-state index contributed by atoms with van der Waals surface area (Å²) >= 11 is 0. The molecule has 0 saturated heterocycles. The fraction of sp³-hybridized carbons (Fsp3) is 0.115. The molecule has 1 spiro atoms. The molecule has 0 N–H and O–H groups in total. The summed E-state index contributed by atoms with van der Waals surface area (Å²) in [6.45, 7) is 4.75. The van der Waals surface area contributed by atoms with Gasteiger partial charge in [-0.05, 0) is 115 Å². The van der Waals surface area contributed by atoms with E-state index in [0.29, 0.717) is 5.92 Å². The van der Waals surface area contributed by atoms with Crippen LogP contribution in [0.15, 0.2) is 182 Å². The van der Waals surface area contributed by atoms with E-state index in [4.69, 9.17) is 0 Å². The Morgan fingerprint density at radius 3 is 1.62 bits per heavy atom. The van der Waals surface area contributed by atoms with Gasteiger partial charge in [-0.1, -0.05) is 159 Å². The minimum absolute atomic E-state index is 0.0960. The van der Waals surface area contributed by atoms with Crippen LogP contribution in [0, 0.1) is 0 Å². The first-order valence-corrected chi connectivity index (χ1v) is 19.0. The smallest absolute Gasteiger partial charge is 0.0725 e. The van der Waals surface area contributed by atoms with Crippen molar-refractivity contribution < 1.29 is 0 Å². The maximum absolute atomic E-state index is 2.50. The molecule has 7 aromatic carbocycles. The van der Waals surface area contributed by atoms with Crippen LogP contribution in [0.2, 0.25) is 0 Å². The van der Waals surface area contributed by atoms with Crippen molar-refractivity contribution in [3.05, 3.63) is 221 Å². The lowest BCUT2D eigenvalue weighted by Crippen LogP contribution is -2.25. The van der Waals surface area contributed by atoms with E-state index in [-0.39, 0.29) is 10.8 Å². The van der Waals surface area contributed by atoms with Gasteiger partial charge in [0.05, 0.1) is 5.41 Å². The zero-order valence-corrected chi connectivity index (χ0v) is 30.1. The van der Waals surface area contributed by atoms with E-state index >= 15 is 0 Å². The molecule has 0 radical (unpaired) electrons. The summed E-state index contributed by atoms with van der Waals surface area (Å²) in [7, 11) is 0. The van der Waals surface area contributed by atoms with Crippen LogP contribution >= 0.6 is 0 Å². The Morgan fingerprint density at radius 2 is 0.962 bits per heavy atom. The molecule has 1 unspecified atom stereocenters. The molecule has 0 heterocycles. The number of hydrogen-bond donors (Lipinski definition) is 0. The summed E-state index contributed by atoms with van der Waals surface area (Å²) < 4.78 is 0. The Morgan fingerprint density at radius 1 is 0.434 bits per heavy atom. The Kier molecular flexibility index (Phi) is 6.41. The van der Waals surface area contributed by atoms with E-state index in [1.807, 2.05) is 0 Å². The van der Waals surface area contributed by atoms with Gasteiger partial charge in [0.25, 0.3) is 0 Å². The molecule has 53 heavy (non-hydrogen) atoms. The second-order valence-electron chi connectivity index (χ2n) is 15.6. The van der Waals surface area contributed by atoms with Gasteiger partial charge in [0.1, 0.15) is 0 Å². The Bertz CT molecular complexity index is 2660. The molecule has 0 fully saturated rings. The SMILES string of the molecule is CC1(C)c2ccccc2-c2ccc(N(c3cccc(C4C=CC=CC4)c3)c3ccc4c(c3)-c3ccccc3C43c4ccccc4-c4ccccc43)cc21. The minimum Gasteiger partial charge on any atom is -0.310 e. The first-order valence-electron chi connectivity index (χ1n) is 19.0. The molecule has 1 nitrogen and oxygen atoms in total. The van der Waals surface area contributed by atoms with Gasteiger partial charge in [-0.25, -0.2) is 0 Å². The van der Waals surface area contributed by atoms with Crippen molar-refractivity contribution in [1.29, 1.82) is 0 Å². The van der Waals surface area contributed by atoms with Crippen LogP contribution in [-0.2, 0) is 10.8 Å². The molecule has 7 aromatic rings. The van der Waals surface area contributed by atoms with Crippen LogP contribution < -0.4 is 4.90 Å². The molecule has 11 rings (SSSR count). The molecular formula is C52H39N. The quantitative estimate of drug-likeness (QED) is 0.179. The van der Waals surface area contributed by atoms with Gasteiger partial charge in [-0.2, -0.15) is 0 Å². The van der Waals surface area contributed by atoms with E-state index in [2.05, 4.69) is 201 Å². The summed E-state index contributed by atoms with van der Waals surface area (Å²) in [6.07, 6.45) is 9.98. The molecule has 0 amide bonds. The number of hydrogen-bond acceptors (Lipinski definition) is 1. The van der Waals surface area contributed by atoms with Crippen molar-refractivity contribution in [3.63, 3.8) is 0 Å². The van der Waals surface area contributed by atoms with E-state index < -0.39 is 0 Å². The highest BCUT2D eigenvalue weighted by molar-refractivity contribution is 5.96. The molecule has 252 valence electrons. The zero-order valence-electron chi connectivity index (χ0n) is 30.1. The highest BCUT2D eigenvalue weighted by Gasteiger charge is 2.51. The largest absolute Gasteiger partial charge is 0.310 e. The van der Waals surface area contributed by atoms with Gasteiger partial charge >= 0.3 is 0 Å². The first kappa shape index (κ1) is 30.4. The van der Waals surface area contributed by atoms with Crippen LogP contribution in [0.25, 0.3) is 33.4 Å². The predicted octanol–water partition coefficient (Wildman–Crippen LogP) is 13.4. The summed E-state index contributed by atoms with van der Waals surface area (Å²) in [5, 5.41) is 0. The first-order chi connectivity index (χ1) is 26.0. The second-order valence-corrected chi connectivity index (χ2v) is 15.6. The lowest BCUT2D eigenvalue weighted by atomic mass is 9.70. The standard InChI is InChI=1S/C52H39N/c1-51(2)45-23-10-6-19-39(45)43-29-27-38(33-50(43)51)53(36-18-14-17-35(31-36)34-15-4-3-5-16-34)37-28-30-49-44(32-37)42-22-9-13-26-48(42)52(49)46-24-11-7-20-40(46)41-21-8-12-25-47(41)52/h3-15,17-34H,16H2,1-2H3. The second kappa shape index (κ2) is 11.2. The van der Waals surface area contributed by atoms with Gasteiger partial charge in [0.15, 0.2) is 0 Å². The van der Waals surface area contributed by atoms with E-state index in [0.717, 1.165) is 6.42 Å². The monoisotopic (exact) mass is 677 g/mol. The number of anilines is 3. The summed E-state index contributed by atoms with van der Waals surface area (Å²) in [5.41, 5.74) is 20.6.